The summed E-state index contributed by atoms with van der Waals surface area (Å²) in [5, 5.41) is 10.3. The summed E-state index contributed by atoms with van der Waals surface area (Å²) in [7, 11) is 0. The van der Waals surface area contributed by atoms with Gasteiger partial charge in [-0.1, -0.05) is 30.3 Å². The number of hydrogen-bond acceptors (Lipinski definition) is 7. The van der Waals surface area contributed by atoms with Gasteiger partial charge in [0.25, 0.3) is 0 Å². The number of ether oxygens (including phenoxy) is 3. The van der Waals surface area contributed by atoms with Crippen LogP contribution in [0.3, 0.4) is 0 Å². The maximum absolute atomic E-state index is 11.9. The smallest absolute Gasteiger partial charge is 0.303 e. The summed E-state index contributed by atoms with van der Waals surface area (Å²) in [4.78, 5) is 28.4. The first-order valence-corrected chi connectivity index (χ1v) is 17.2. The number of likely N-dealkylation sites (tertiary alicyclic amines) is 2. The van der Waals surface area contributed by atoms with Crippen LogP contribution in [-0.4, -0.2) is 98.2 Å². The second kappa shape index (κ2) is 17.1. The van der Waals surface area contributed by atoms with Gasteiger partial charge in [-0.05, 0) is 104 Å². The Hall–Kier alpha value is -3.48. The molecule has 3 heterocycles. The van der Waals surface area contributed by atoms with E-state index in [1.54, 1.807) is 11.3 Å². The van der Waals surface area contributed by atoms with Crippen molar-refractivity contribution in [3.05, 3.63) is 77.9 Å². The molecule has 1 radical (unpaired) electrons. The molecule has 3 aromatic carbocycles. The first-order chi connectivity index (χ1) is 22.5. The van der Waals surface area contributed by atoms with E-state index in [-0.39, 0.29) is 31.2 Å². The first kappa shape index (κ1) is 34.8. The zero-order chi connectivity index (χ0) is 31.7. The molecular formula is C37H42LiN2O6S. The number of aliphatic carboxylic acids is 1. The number of benzene rings is 3. The van der Waals surface area contributed by atoms with Crippen LogP contribution in [0, 0.1) is 0 Å². The Labute approximate surface area is 292 Å². The zero-order valence-electron chi connectivity index (χ0n) is 27.2. The number of nitrogens with zero attached hydrogens (tertiary/aromatic N) is 2. The fourth-order valence-electron chi connectivity index (χ4n) is 6.21. The van der Waals surface area contributed by atoms with E-state index in [0.29, 0.717) is 50.7 Å². The number of hydrogen-bond donors (Lipinski definition) is 1. The van der Waals surface area contributed by atoms with Gasteiger partial charge in [-0.15, -0.1) is 11.3 Å². The molecule has 0 unspecified atom stereocenters. The number of carbonyl (C=O) groups excluding carboxylic acids is 1. The van der Waals surface area contributed by atoms with Gasteiger partial charge in [-0.3, -0.25) is 14.5 Å². The number of carboxylic acid groups (broad SMARTS) is 1. The number of amides is 1. The van der Waals surface area contributed by atoms with Gasteiger partial charge >= 0.3 is 5.97 Å². The molecule has 4 aromatic rings. The second-order valence-electron chi connectivity index (χ2n) is 12.0. The topological polar surface area (TPSA) is 88.5 Å². The van der Waals surface area contributed by atoms with Gasteiger partial charge in [0.15, 0.2) is 11.5 Å². The molecule has 10 heteroatoms. The molecule has 1 N–H and O–H groups in total. The van der Waals surface area contributed by atoms with Crippen LogP contribution in [0.25, 0.3) is 20.5 Å². The Morgan fingerprint density at radius 1 is 0.830 bits per heavy atom. The van der Waals surface area contributed by atoms with E-state index in [4.69, 9.17) is 19.3 Å². The molecular weight excluding hydrogens is 607 g/mol. The molecule has 0 saturated carbocycles. The number of fused-ring (bicyclic) bond motifs is 1. The van der Waals surface area contributed by atoms with Crippen LogP contribution in [0.5, 0.6) is 17.2 Å². The van der Waals surface area contributed by atoms with Crippen molar-refractivity contribution in [1.82, 2.24) is 9.80 Å². The molecule has 8 nitrogen and oxygen atoms in total. The summed E-state index contributed by atoms with van der Waals surface area (Å²) < 4.78 is 19.5. The van der Waals surface area contributed by atoms with Crippen molar-refractivity contribution in [1.29, 1.82) is 0 Å². The fourth-order valence-corrected chi connectivity index (χ4v) is 7.42. The van der Waals surface area contributed by atoms with Crippen LogP contribution in [-0.2, 0) is 16.0 Å². The molecule has 0 aliphatic carbocycles. The third kappa shape index (κ3) is 9.32. The monoisotopic (exact) mass is 649 g/mol. The molecule has 0 spiro atoms. The van der Waals surface area contributed by atoms with Crippen molar-refractivity contribution in [2.45, 2.75) is 44.9 Å². The first-order valence-electron chi connectivity index (χ1n) is 16.4. The van der Waals surface area contributed by atoms with Crippen molar-refractivity contribution in [2.24, 2.45) is 0 Å². The fraction of sp³-hybridized carbons (Fsp3) is 0.405. The number of thiophene rings is 1. The van der Waals surface area contributed by atoms with E-state index < -0.39 is 5.97 Å². The van der Waals surface area contributed by atoms with Gasteiger partial charge in [0.2, 0.25) is 5.91 Å². The van der Waals surface area contributed by atoms with E-state index in [2.05, 4.69) is 47.4 Å². The van der Waals surface area contributed by atoms with E-state index in [0.717, 1.165) is 50.3 Å². The maximum Gasteiger partial charge on any atom is 0.303 e. The van der Waals surface area contributed by atoms with Crippen LogP contribution >= 0.6 is 11.3 Å². The molecule has 1 aromatic heterocycles. The molecule has 2 fully saturated rings. The largest absolute Gasteiger partial charge is 0.492 e. The minimum absolute atomic E-state index is 0. The summed E-state index contributed by atoms with van der Waals surface area (Å²) in [5.74, 6) is 1.52. The van der Waals surface area contributed by atoms with Crippen LogP contribution in [0.2, 0.25) is 0 Å². The molecule has 2 saturated heterocycles. The number of carboxylic acids is 1. The summed E-state index contributed by atoms with van der Waals surface area (Å²) in [6.07, 6.45) is 5.31. The Morgan fingerprint density at radius 3 is 2.36 bits per heavy atom. The Morgan fingerprint density at radius 2 is 1.60 bits per heavy atom. The average Bonchev–Trinajstić information content (AvgIpc) is 3.82. The molecule has 0 bridgehead atoms. The van der Waals surface area contributed by atoms with Crippen molar-refractivity contribution < 1.29 is 28.9 Å². The zero-order valence-corrected chi connectivity index (χ0v) is 28.1. The van der Waals surface area contributed by atoms with Crippen molar-refractivity contribution >= 4 is 52.2 Å². The van der Waals surface area contributed by atoms with Gasteiger partial charge in [0.05, 0.1) is 13.2 Å². The Kier molecular flexibility index (Phi) is 12.7. The van der Waals surface area contributed by atoms with Crippen LogP contribution < -0.4 is 14.2 Å². The molecule has 0 atom stereocenters. The van der Waals surface area contributed by atoms with Gasteiger partial charge in [0.1, 0.15) is 19.0 Å². The molecule has 243 valence electrons. The van der Waals surface area contributed by atoms with E-state index in [1.807, 2.05) is 29.2 Å². The average molecular weight is 650 g/mol. The minimum atomic E-state index is -0.826. The van der Waals surface area contributed by atoms with E-state index >= 15 is 0 Å². The summed E-state index contributed by atoms with van der Waals surface area (Å²) >= 11 is 1.77. The van der Waals surface area contributed by atoms with E-state index in [1.165, 1.54) is 38.9 Å². The molecule has 2 aliphatic rings. The predicted octanol–water partition coefficient (Wildman–Crippen LogP) is 6.50. The predicted molar refractivity (Wildman–Crippen MR) is 187 cm³/mol. The molecule has 2 aliphatic heterocycles. The van der Waals surface area contributed by atoms with Crippen LogP contribution in [0.4, 0.5) is 0 Å². The third-order valence-corrected chi connectivity index (χ3v) is 9.93. The summed E-state index contributed by atoms with van der Waals surface area (Å²) in [6.45, 7) is 5.93. The van der Waals surface area contributed by atoms with Crippen molar-refractivity contribution in [2.75, 3.05) is 52.5 Å². The van der Waals surface area contributed by atoms with Crippen molar-refractivity contribution in [3.63, 3.8) is 0 Å². The minimum Gasteiger partial charge on any atom is -0.492 e. The Balaban J connectivity index is 0.00000433. The maximum atomic E-state index is 11.9. The van der Waals surface area contributed by atoms with Gasteiger partial charge < -0.3 is 24.2 Å². The van der Waals surface area contributed by atoms with Crippen LogP contribution in [0.1, 0.15) is 49.7 Å². The molecule has 6 rings (SSSR count). The van der Waals surface area contributed by atoms with Crippen LogP contribution in [0.15, 0.2) is 66.7 Å². The van der Waals surface area contributed by atoms with Gasteiger partial charge in [-0.2, -0.15) is 0 Å². The van der Waals surface area contributed by atoms with Gasteiger partial charge in [-0.25, -0.2) is 0 Å². The third-order valence-electron chi connectivity index (χ3n) is 8.67. The summed E-state index contributed by atoms with van der Waals surface area (Å²) in [5.41, 5.74) is 3.48. The van der Waals surface area contributed by atoms with E-state index in [9.17, 15) is 9.59 Å². The van der Waals surface area contributed by atoms with Gasteiger partial charge in [0, 0.05) is 54.4 Å². The standard InChI is InChI=1S/C37H42N2O6S.Li/c40-35-9-5-19-39(35)21-24-43-29-14-11-27(12-15-29)25-31-30-7-1-2-8-34(30)46-37(31)28-13-16-32(45-23-20-38-17-3-4-18-38)33(26-28)44-22-6-10-36(41)42;/h1-2,7-8,11-16,26H,3-6,9-10,17-25H2,(H,41,42);. The molecule has 1 amide bonds. The number of rotatable bonds is 16. The second-order valence-corrected chi connectivity index (χ2v) is 13.0. The quantitative estimate of drug-likeness (QED) is 0.110. The summed E-state index contributed by atoms with van der Waals surface area (Å²) in [6, 6.07) is 22.9. The Bertz CT molecular complexity index is 1640. The molecule has 47 heavy (non-hydrogen) atoms. The SMILES string of the molecule is O=C(O)CCCOc1cc(-c2sc3ccccc3c2Cc2ccc(OCCN3CCCC3=O)cc2)ccc1OCCN1CCCC1.[Li]. The number of carbonyl (C=O) groups is 2. The normalized spacial score (nSPS) is 14.8. The van der Waals surface area contributed by atoms with Crippen molar-refractivity contribution in [3.8, 4) is 27.7 Å².